The lowest BCUT2D eigenvalue weighted by atomic mass is 10.3. The molecule has 0 amide bonds. The molecule has 2 N–H and O–H groups in total. The Morgan fingerprint density at radius 1 is 1.15 bits per heavy atom. The second-order valence-corrected chi connectivity index (χ2v) is 3.11. The van der Waals surface area contributed by atoms with Crippen LogP contribution in [-0.4, -0.2) is 58.0 Å². The first kappa shape index (κ1) is 12.8. The summed E-state index contributed by atoms with van der Waals surface area (Å²) in [6.45, 7) is 6.11. The first-order valence-corrected chi connectivity index (χ1v) is 4.68. The summed E-state index contributed by atoms with van der Waals surface area (Å²) in [7, 11) is 3.42. The fourth-order valence-electron chi connectivity index (χ4n) is 1.12. The van der Waals surface area contributed by atoms with E-state index in [4.69, 9.17) is 15.2 Å². The van der Waals surface area contributed by atoms with Crippen LogP contribution in [0.15, 0.2) is 0 Å². The zero-order valence-electron chi connectivity index (χ0n) is 8.95. The van der Waals surface area contributed by atoms with Gasteiger partial charge in [-0.15, -0.1) is 0 Å². The SMILES string of the molecule is COCCN(CCOC)C(C)CN. The molecule has 4 nitrogen and oxygen atoms in total. The zero-order valence-corrected chi connectivity index (χ0v) is 8.95. The normalized spacial score (nSPS) is 13.6. The summed E-state index contributed by atoms with van der Waals surface area (Å²) < 4.78 is 10.0. The van der Waals surface area contributed by atoms with E-state index in [1.54, 1.807) is 14.2 Å². The molecule has 4 heteroatoms. The highest BCUT2D eigenvalue weighted by atomic mass is 16.5. The number of nitrogens with zero attached hydrogens (tertiary/aromatic N) is 1. The minimum absolute atomic E-state index is 0.394. The van der Waals surface area contributed by atoms with Gasteiger partial charge in [-0.2, -0.15) is 0 Å². The van der Waals surface area contributed by atoms with Gasteiger partial charge in [0.15, 0.2) is 0 Å². The molecule has 0 aromatic heterocycles. The molecule has 13 heavy (non-hydrogen) atoms. The Bertz CT molecular complexity index is 104. The van der Waals surface area contributed by atoms with Gasteiger partial charge in [-0.3, -0.25) is 4.90 Å². The first-order valence-electron chi connectivity index (χ1n) is 4.68. The number of methoxy groups -OCH3 is 2. The Kier molecular flexibility index (Phi) is 8.33. The third-order valence-electron chi connectivity index (χ3n) is 2.13. The van der Waals surface area contributed by atoms with Gasteiger partial charge < -0.3 is 15.2 Å². The number of hydrogen-bond acceptors (Lipinski definition) is 4. The summed E-state index contributed by atoms with van der Waals surface area (Å²) >= 11 is 0. The summed E-state index contributed by atoms with van der Waals surface area (Å²) in [4.78, 5) is 2.27. The number of ether oxygens (including phenoxy) is 2. The fraction of sp³-hybridized carbons (Fsp3) is 1.00. The average Bonchev–Trinajstić information content (AvgIpc) is 2.17. The van der Waals surface area contributed by atoms with E-state index in [0.717, 1.165) is 26.3 Å². The molecule has 0 aliphatic rings. The molecule has 0 aromatic rings. The third-order valence-corrected chi connectivity index (χ3v) is 2.13. The molecule has 80 valence electrons. The van der Waals surface area contributed by atoms with E-state index >= 15 is 0 Å². The monoisotopic (exact) mass is 190 g/mol. The molecule has 0 radical (unpaired) electrons. The van der Waals surface area contributed by atoms with Gasteiger partial charge in [-0.1, -0.05) is 0 Å². The van der Waals surface area contributed by atoms with Crippen LogP contribution in [0.2, 0.25) is 0 Å². The van der Waals surface area contributed by atoms with Crippen molar-refractivity contribution in [2.75, 3.05) is 47.1 Å². The fourth-order valence-corrected chi connectivity index (χ4v) is 1.12. The van der Waals surface area contributed by atoms with E-state index in [9.17, 15) is 0 Å². The minimum Gasteiger partial charge on any atom is -0.383 e. The lowest BCUT2D eigenvalue weighted by Gasteiger charge is -2.27. The number of nitrogens with two attached hydrogens (primary N) is 1. The largest absolute Gasteiger partial charge is 0.383 e. The maximum Gasteiger partial charge on any atom is 0.0589 e. The zero-order chi connectivity index (χ0) is 10.1. The highest BCUT2D eigenvalue weighted by Gasteiger charge is 2.10. The molecular weight excluding hydrogens is 168 g/mol. The molecule has 0 aliphatic carbocycles. The topological polar surface area (TPSA) is 47.7 Å². The van der Waals surface area contributed by atoms with E-state index in [1.807, 2.05) is 0 Å². The van der Waals surface area contributed by atoms with Crippen molar-refractivity contribution in [2.45, 2.75) is 13.0 Å². The Balaban J connectivity index is 3.72. The van der Waals surface area contributed by atoms with Crippen molar-refractivity contribution in [1.29, 1.82) is 0 Å². The lowest BCUT2D eigenvalue weighted by molar-refractivity contribution is 0.0941. The lowest BCUT2D eigenvalue weighted by Crippen LogP contribution is -2.42. The molecule has 0 aromatic carbocycles. The molecule has 0 saturated carbocycles. The van der Waals surface area contributed by atoms with E-state index in [1.165, 1.54) is 0 Å². The van der Waals surface area contributed by atoms with Crippen LogP contribution in [0.3, 0.4) is 0 Å². The van der Waals surface area contributed by atoms with Crippen LogP contribution < -0.4 is 5.73 Å². The number of rotatable bonds is 8. The Morgan fingerprint density at radius 3 is 1.92 bits per heavy atom. The van der Waals surface area contributed by atoms with Gasteiger partial charge in [0.1, 0.15) is 0 Å². The van der Waals surface area contributed by atoms with Crippen LogP contribution >= 0.6 is 0 Å². The molecule has 0 spiro atoms. The summed E-state index contributed by atoms with van der Waals surface area (Å²) in [6, 6.07) is 0.394. The van der Waals surface area contributed by atoms with Crippen molar-refractivity contribution in [3.05, 3.63) is 0 Å². The van der Waals surface area contributed by atoms with Gasteiger partial charge >= 0.3 is 0 Å². The number of hydrogen-bond donors (Lipinski definition) is 1. The van der Waals surface area contributed by atoms with Crippen LogP contribution in [0.25, 0.3) is 0 Å². The predicted octanol–water partition coefficient (Wildman–Crippen LogP) is -0.0716. The van der Waals surface area contributed by atoms with Crippen LogP contribution in [0.5, 0.6) is 0 Å². The van der Waals surface area contributed by atoms with Gasteiger partial charge in [0.05, 0.1) is 13.2 Å². The second-order valence-electron chi connectivity index (χ2n) is 3.11. The van der Waals surface area contributed by atoms with Gasteiger partial charge in [0.2, 0.25) is 0 Å². The molecule has 1 atom stereocenters. The summed E-state index contributed by atoms with van der Waals surface area (Å²) in [5.74, 6) is 0. The highest BCUT2D eigenvalue weighted by molar-refractivity contribution is 4.67. The van der Waals surface area contributed by atoms with Crippen molar-refractivity contribution in [2.24, 2.45) is 5.73 Å². The maximum absolute atomic E-state index is 5.59. The summed E-state index contributed by atoms with van der Waals surface area (Å²) in [5.41, 5.74) is 5.59. The smallest absolute Gasteiger partial charge is 0.0589 e. The average molecular weight is 190 g/mol. The molecule has 0 fully saturated rings. The van der Waals surface area contributed by atoms with E-state index < -0.39 is 0 Å². The van der Waals surface area contributed by atoms with Crippen LogP contribution in [0.4, 0.5) is 0 Å². The van der Waals surface area contributed by atoms with Crippen molar-refractivity contribution in [1.82, 2.24) is 4.90 Å². The van der Waals surface area contributed by atoms with E-state index in [0.29, 0.717) is 12.6 Å². The van der Waals surface area contributed by atoms with Crippen molar-refractivity contribution < 1.29 is 9.47 Å². The van der Waals surface area contributed by atoms with Crippen LogP contribution in [0, 0.1) is 0 Å². The minimum atomic E-state index is 0.394. The molecule has 0 heterocycles. The Hall–Kier alpha value is -0.160. The van der Waals surface area contributed by atoms with Gasteiger partial charge in [0.25, 0.3) is 0 Å². The van der Waals surface area contributed by atoms with Crippen LogP contribution in [0.1, 0.15) is 6.92 Å². The molecule has 0 bridgehead atoms. The predicted molar refractivity (Wildman–Crippen MR) is 53.8 cm³/mol. The summed E-state index contributed by atoms with van der Waals surface area (Å²) in [6.07, 6.45) is 0. The molecule has 0 saturated heterocycles. The Morgan fingerprint density at radius 2 is 1.62 bits per heavy atom. The standard InChI is InChI=1S/C9H22N2O2/c1-9(8-10)11(4-6-12-2)5-7-13-3/h9H,4-8,10H2,1-3H3. The van der Waals surface area contributed by atoms with E-state index in [-0.39, 0.29) is 0 Å². The molecule has 0 rings (SSSR count). The van der Waals surface area contributed by atoms with Crippen molar-refractivity contribution in [3.8, 4) is 0 Å². The molecule has 0 aliphatic heterocycles. The van der Waals surface area contributed by atoms with Gasteiger partial charge in [-0.25, -0.2) is 0 Å². The van der Waals surface area contributed by atoms with E-state index in [2.05, 4.69) is 11.8 Å². The van der Waals surface area contributed by atoms with Gasteiger partial charge in [-0.05, 0) is 6.92 Å². The van der Waals surface area contributed by atoms with Crippen LogP contribution in [-0.2, 0) is 9.47 Å². The van der Waals surface area contributed by atoms with Gasteiger partial charge in [0, 0.05) is 39.9 Å². The first-order chi connectivity index (χ1) is 6.26. The molecule has 1 unspecified atom stereocenters. The molecular formula is C9H22N2O2. The third kappa shape index (κ3) is 5.99. The maximum atomic E-state index is 5.59. The quantitative estimate of drug-likeness (QED) is 0.582. The second kappa shape index (κ2) is 8.44. The van der Waals surface area contributed by atoms with Crippen molar-refractivity contribution >= 4 is 0 Å². The highest BCUT2D eigenvalue weighted by Crippen LogP contribution is 1.96. The van der Waals surface area contributed by atoms with Crippen molar-refractivity contribution in [3.63, 3.8) is 0 Å². The Labute approximate surface area is 81.0 Å². The summed E-state index contributed by atoms with van der Waals surface area (Å²) in [5, 5.41) is 0.